The molecular weight excluding hydrogens is 368 g/mol. The third-order valence-corrected chi connectivity index (χ3v) is 5.32. The van der Waals surface area contributed by atoms with Gasteiger partial charge in [0, 0.05) is 11.0 Å². The van der Waals surface area contributed by atoms with Crippen molar-refractivity contribution in [2.75, 3.05) is 7.11 Å². The number of hydrogen-bond acceptors (Lipinski definition) is 7. The molecule has 0 unspecified atom stereocenters. The molecule has 1 aromatic carbocycles. The predicted molar refractivity (Wildman–Crippen MR) is 100 cm³/mol. The van der Waals surface area contributed by atoms with Crippen LogP contribution >= 0.6 is 0 Å². The lowest BCUT2D eigenvalue weighted by Crippen LogP contribution is -2.10. The standard InChI is InChI=1S/C19H22N2O5S/c1-19(2,3)16-9-20-17(26-16)12-27(22,23)11-14-10-25-18(21-14)13-5-7-15(24-4)8-6-13/h5-10H,11-12H2,1-4H3. The second kappa shape index (κ2) is 7.19. The molecule has 144 valence electrons. The molecule has 0 aliphatic rings. The Morgan fingerprint density at radius 2 is 1.81 bits per heavy atom. The summed E-state index contributed by atoms with van der Waals surface area (Å²) in [5.41, 5.74) is 0.847. The summed E-state index contributed by atoms with van der Waals surface area (Å²) in [6.45, 7) is 5.92. The smallest absolute Gasteiger partial charge is 0.226 e. The van der Waals surface area contributed by atoms with Gasteiger partial charge in [0.15, 0.2) is 9.84 Å². The van der Waals surface area contributed by atoms with Gasteiger partial charge in [0.05, 0.1) is 24.8 Å². The van der Waals surface area contributed by atoms with Crippen molar-refractivity contribution in [2.24, 2.45) is 0 Å². The van der Waals surface area contributed by atoms with Crippen LogP contribution in [0, 0.1) is 0 Å². The Kier molecular flexibility index (Phi) is 5.10. The SMILES string of the molecule is COc1ccc(-c2nc(CS(=O)(=O)Cc3ncc(C(C)(C)C)o3)co2)cc1. The van der Waals surface area contributed by atoms with Gasteiger partial charge in [0.25, 0.3) is 0 Å². The van der Waals surface area contributed by atoms with Gasteiger partial charge in [0.2, 0.25) is 11.8 Å². The quantitative estimate of drug-likeness (QED) is 0.632. The Hall–Kier alpha value is -2.61. The van der Waals surface area contributed by atoms with E-state index < -0.39 is 9.84 Å². The van der Waals surface area contributed by atoms with Crippen molar-refractivity contribution in [2.45, 2.75) is 37.7 Å². The number of benzene rings is 1. The first-order valence-corrected chi connectivity index (χ1v) is 10.2. The Morgan fingerprint density at radius 3 is 2.41 bits per heavy atom. The van der Waals surface area contributed by atoms with Gasteiger partial charge >= 0.3 is 0 Å². The van der Waals surface area contributed by atoms with Crippen LogP contribution in [0.2, 0.25) is 0 Å². The van der Waals surface area contributed by atoms with Crippen LogP contribution in [-0.4, -0.2) is 25.5 Å². The first kappa shape index (κ1) is 19.2. The van der Waals surface area contributed by atoms with E-state index in [1.54, 1.807) is 37.6 Å². The van der Waals surface area contributed by atoms with Crippen LogP contribution in [0.15, 0.2) is 45.6 Å². The van der Waals surface area contributed by atoms with Gasteiger partial charge in [-0.3, -0.25) is 0 Å². The highest BCUT2D eigenvalue weighted by Gasteiger charge is 2.23. The van der Waals surface area contributed by atoms with E-state index in [1.165, 1.54) is 6.26 Å². The van der Waals surface area contributed by atoms with E-state index in [0.717, 1.165) is 5.56 Å². The lowest BCUT2D eigenvalue weighted by molar-refractivity contribution is 0.389. The van der Waals surface area contributed by atoms with Crippen LogP contribution in [0.4, 0.5) is 0 Å². The van der Waals surface area contributed by atoms with Gasteiger partial charge < -0.3 is 13.6 Å². The fourth-order valence-electron chi connectivity index (χ4n) is 2.43. The molecule has 0 amide bonds. The minimum atomic E-state index is -3.50. The zero-order chi connectivity index (χ0) is 19.7. The zero-order valence-electron chi connectivity index (χ0n) is 15.7. The van der Waals surface area contributed by atoms with E-state index in [9.17, 15) is 8.42 Å². The van der Waals surface area contributed by atoms with E-state index in [2.05, 4.69) is 9.97 Å². The van der Waals surface area contributed by atoms with Gasteiger partial charge in [-0.25, -0.2) is 18.4 Å². The largest absolute Gasteiger partial charge is 0.497 e. The molecule has 27 heavy (non-hydrogen) atoms. The molecule has 3 aromatic rings. The van der Waals surface area contributed by atoms with E-state index in [1.807, 2.05) is 20.8 Å². The van der Waals surface area contributed by atoms with Crippen molar-refractivity contribution in [1.29, 1.82) is 0 Å². The molecule has 2 heterocycles. The normalized spacial score (nSPS) is 12.3. The summed E-state index contributed by atoms with van der Waals surface area (Å²) in [7, 11) is -1.91. The lowest BCUT2D eigenvalue weighted by atomic mass is 9.94. The third kappa shape index (κ3) is 4.77. The highest BCUT2D eigenvalue weighted by atomic mass is 32.2. The number of nitrogens with zero attached hydrogens (tertiary/aromatic N) is 2. The van der Waals surface area contributed by atoms with E-state index in [-0.39, 0.29) is 22.8 Å². The highest BCUT2D eigenvalue weighted by molar-refractivity contribution is 7.89. The molecule has 0 saturated heterocycles. The molecule has 0 radical (unpaired) electrons. The molecule has 0 fully saturated rings. The number of rotatable bonds is 6. The summed E-state index contributed by atoms with van der Waals surface area (Å²) < 4.78 is 41.0. The molecule has 0 aliphatic carbocycles. The Balaban J connectivity index is 1.70. The summed E-state index contributed by atoms with van der Waals surface area (Å²) in [4.78, 5) is 8.35. The molecular formula is C19H22N2O5S. The minimum absolute atomic E-state index is 0.179. The number of sulfone groups is 1. The van der Waals surface area contributed by atoms with Crippen molar-refractivity contribution in [3.8, 4) is 17.2 Å². The van der Waals surface area contributed by atoms with Gasteiger partial charge in [-0.2, -0.15) is 0 Å². The Labute approximate surface area is 158 Å². The van der Waals surface area contributed by atoms with Crippen LogP contribution in [-0.2, 0) is 26.8 Å². The van der Waals surface area contributed by atoms with Gasteiger partial charge in [-0.1, -0.05) is 20.8 Å². The fraction of sp³-hybridized carbons (Fsp3) is 0.368. The van der Waals surface area contributed by atoms with Crippen molar-refractivity contribution in [1.82, 2.24) is 9.97 Å². The molecule has 0 spiro atoms. The first-order chi connectivity index (χ1) is 12.7. The number of aromatic nitrogens is 2. The average Bonchev–Trinajstić information content (AvgIpc) is 3.23. The highest BCUT2D eigenvalue weighted by Crippen LogP contribution is 2.25. The molecule has 0 aliphatic heterocycles. The Morgan fingerprint density at radius 1 is 1.11 bits per heavy atom. The maximum atomic E-state index is 12.5. The van der Waals surface area contributed by atoms with Gasteiger partial charge in [0.1, 0.15) is 23.5 Å². The van der Waals surface area contributed by atoms with Crippen LogP contribution in [0.25, 0.3) is 11.5 Å². The van der Waals surface area contributed by atoms with Crippen LogP contribution in [0.5, 0.6) is 5.75 Å². The maximum Gasteiger partial charge on any atom is 0.226 e. The van der Waals surface area contributed by atoms with Crippen LogP contribution in [0.1, 0.15) is 38.1 Å². The molecule has 7 nitrogen and oxygen atoms in total. The molecule has 3 rings (SSSR count). The predicted octanol–water partition coefficient (Wildman–Crippen LogP) is 3.75. The zero-order valence-corrected chi connectivity index (χ0v) is 16.5. The summed E-state index contributed by atoms with van der Waals surface area (Å²) in [6, 6.07) is 7.16. The summed E-state index contributed by atoms with van der Waals surface area (Å²) >= 11 is 0. The minimum Gasteiger partial charge on any atom is -0.497 e. The molecule has 0 N–H and O–H groups in total. The van der Waals surface area contributed by atoms with Crippen molar-refractivity contribution < 1.29 is 22.0 Å². The monoisotopic (exact) mass is 390 g/mol. The topological polar surface area (TPSA) is 95.4 Å². The Bertz CT molecular complexity index is 1010. The van der Waals surface area contributed by atoms with Gasteiger partial charge in [-0.15, -0.1) is 0 Å². The molecule has 0 bridgehead atoms. The lowest BCUT2D eigenvalue weighted by Gasteiger charge is -2.13. The number of ether oxygens (including phenoxy) is 1. The summed E-state index contributed by atoms with van der Waals surface area (Å²) in [5.74, 6) is 1.37. The number of hydrogen-bond donors (Lipinski definition) is 0. The number of oxazole rings is 2. The molecule has 0 atom stereocenters. The van der Waals surface area contributed by atoms with E-state index in [4.69, 9.17) is 13.6 Å². The summed E-state index contributed by atoms with van der Waals surface area (Å²) in [5, 5.41) is 0. The van der Waals surface area contributed by atoms with E-state index in [0.29, 0.717) is 23.1 Å². The van der Waals surface area contributed by atoms with E-state index >= 15 is 0 Å². The van der Waals surface area contributed by atoms with Crippen molar-refractivity contribution >= 4 is 9.84 Å². The maximum absolute atomic E-state index is 12.5. The third-order valence-electron chi connectivity index (χ3n) is 3.89. The average molecular weight is 390 g/mol. The first-order valence-electron chi connectivity index (χ1n) is 8.41. The van der Waals surface area contributed by atoms with Crippen molar-refractivity contribution in [3.05, 3.63) is 54.1 Å². The number of methoxy groups -OCH3 is 1. The summed E-state index contributed by atoms with van der Waals surface area (Å²) in [6.07, 6.45) is 2.93. The fourth-order valence-corrected chi connectivity index (χ4v) is 3.62. The molecule has 8 heteroatoms. The van der Waals surface area contributed by atoms with Crippen LogP contribution < -0.4 is 4.74 Å². The second-order valence-electron chi connectivity index (χ2n) is 7.27. The molecule has 0 saturated carbocycles. The van der Waals surface area contributed by atoms with Crippen molar-refractivity contribution in [3.63, 3.8) is 0 Å². The molecule has 2 aromatic heterocycles. The van der Waals surface area contributed by atoms with Crippen LogP contribution in [0.3, 0.4) is 0 Å². The van der Waals surface area contributed by atoms with Gasteiger partial charge in [-0.05, 0) is 24.3 Å². The second-order valence-corrected chi connectivity index (χ2v) is 9.34.